The summed E-state index contributed by atoms with van der Waals surface area (Å²) in [5.74, 6) is -0.162. The predicted molar refractivity (Wildman–Crippen MR) is 128 cm³/mol. The van der Waals surface area contributed by atoms with E-state index in [4.69, 9.17) is 4.74 Å². The molecule has 0 radical (unpaired) electrons. The van der Waals surface area contributed by atoms with Crippen molar-refractivity contribution in [1.29, 1.82) is 0 Å². The number of hydrogen-bond acceptors (Lipinski definition) is 4. The third-order valence-corrected chi connectivity index (χ3v) is 6.81. The van der Waals surface area contributed by atoms with E-state index in [1.165, 1.54) is 12.1 Å². The number of benzene rings is 2. The fourth-order valence-corrected chi connectivity index (χ4v) is 5.02. The first-order valence-corrected chi connectivity index (χ1v) is 12.5. The van der Waals surface area contributed by atoms with Gasteiger partial charge in [-0.2, -0.15) is 0 Å². The highest BCUT2D eigenvalue weighted by atomic mass is 19.4. The fraction of sp³-hybridized carbons (Fsp3) is 0.481. The molecule has 2 atom stereocenters. The molecule has 6 nitrogen and oxygen atoms in total. The largest absolute Gasteiger partial charge is 0.573 e. The molecule has 1 saturated carbocycles. The number of hydrogen-bond donors (Lipinski definition) is 0. The standard InChI is InChI=1S/C27H31F3N2O4/c1-2-31-17-7-8-18-32(25(33)19-13-15-20(16-14-19)36-27(28,29)30)22-10-4-6-12-24(22)35-23-11-5-3-9-21(23)26(31)34/h3,5,9,11,13-16,22,24H,2,4,6-8,10,12,17-18H2,1H3/t22-,24+/m1/s1. The Bertz CT molecular complexity index is 1060. The monoisotopic (exact) mass is 504 g/mol. The predicted octanol–water partition coefficient (Wildman–Crippen LogP) is 5.67. The van der Waals surface area contributed by atoms with Crippen LogP contribution in [0.15, 0.2) is 48.5 Å². The minimum atomic E-state index is -4.79. The van der Waals surface area contributed by atoms with E-state index in [2.05, 4.69) is 4.74 Å². The number of alkyl halides is 3. The second kappa shape index (κ2) is 11.2. The third kappa shape index (κ3) is 6.12. The van der Waals surface area contributed by atoms with E-state index in [-0.39, 0.29) is 29.7 Å². The van der Waals surface area contributed by atoms with E-state index in [0.29, 0.717) is 42.9 Å². The Kier molecular flexibility index (Phi) is 8.06. The first-order chi connectivity index (χ1) is 17.3. The number of carbonyl (C=O) groups is 2. The second-order valence-corrected chi connectivity index (χ2v) is 9.17. The molecule has 1 heterocycles. The van der Waals surface area contributed by atoms with Crippen molar-refractivity contribution in [2.75, 3.05) is 19.6 Å². The average molecular weight is 505 g/mol. The van der Waals surface area contributed by atoms with Crippen LogP contribution in [0.3, 0.4) is 0 Å². The molecule has 0 bridgehead atoms. The Morgan fingerprint density at radius 2 is 1.69 bits per heavy atom. The number of rotatable bonds is 3. The number of amides is 2. The molecule has 2 aromatic rings. The fourth-order valence-electron chi connectivity index (χ4n) is 5.02. The maximum atomic E-state index is 13.6. The van der Waals surface area contributed by atoms with Gasteiger partial charge in [0, 0.05) is 25.2 Å². The summed E-state index contributed by atoms with van der Waals surface area (Å²) in [6.45, 7) is 3.53. The highest BCUT2D eigenvalue weighted by Gasteiger charge is 2.36. The number of fused-ring (bicyclic) bond motifs is 2. The van der Waals surface area contributed by atoms with Crippen molar-refractivity contribution >= 4 is 11.8 Å². The molecule has 1 aliphatic carbocycles. The van der Waals surface area contributed by atoms with Crippen LogP contribution >= 0.6 is 0 Å². The Morgan fingerprint density at radius 1 is 1.00 bits per heavy atom. The number of nitrogens with zero attached hydrogens (tertiary/aromatic N) is 2. The summed E-state index contributed by atoms with van der Waals surface area (Å²) in [4.78, 5) is 30.4. The summed E-state index contributed by atoms with van der Waals surface area (Å²) < 4.78 is 48.0. The van der Waals surface area contributed by atoms with Crippen LogP contribution in [0.25, 0.3) is 0 Å². The lowest BCUT2D eigenvalue weighted by Crippen LogP contribution is -2.51. The Hall–Kier alpha value is -3.23. The molecule has 9 heteroatoms. The highest BCUT2D eigenvalue weighted by Crippen LogP contribution is 2.32. The van der Waals surface area contributed by atoms with Crippen molar-refractivity contribution in [3.63, 3.8) is 0 Å². The maximum absolute atomic E-state index is 13.6. The average Bonchev–Trinajstić information content (AvgIpc) is 2.85. The maximum Gasteiger partial charge on any atom is 0.573 e. The van der Waals surface area contributed by atoms with E-state index in [0.717, 1.165) is 44.2 Å². The molecule has 0 spiro atoms. The van der Waals surface area contributed by atoms with Crippen LogP contribution in [0.5, 0.6) is 11.5 Å². The lowest BCUT2D eigenvalue weighted by molar-refractivity contribution is -0.274. The van der Waals surface area contributed by atoms with Gasteiger partial charge >= 0.3 is 6.36 Å². The first-order valence-electron chi connectivity index (χ1n) is 12.5. The van der Waals surface area contributed by atoms with Gasteiger partial charge in [0.1, 0.15) is 17.6 Å². The quantitative estimate of drug-likeness (QED) is 0.540. The van der Waals surface area contributed by atoms with E-state index in [9.17, 15) is 22.8 Å². The minimum absolute atomic E-state index is 0.0601. The highest BCUT2D eigenvalue weighted by molar-refractivity contribution is 5.97. The van der Waals surface area contributed by atoms with Gasteiger partial charge < -0.3 is 19.3 Å². The molecule has 0 saturated heterocycles. The molecule has 0 unspecified atom stereocenters. The lowest BCUT2D eigenvalue weighted by Gasteiger charge is -2.40. The summed E-state index contributed by atoms with van der Waals surface area (Å²) in [6, 6.07) is 12.1. The summed E-state index contributed by atoms with van der Waals surface area (Å²) in [6.07, 6.45) is -0.285. The zero-order chi connectivity index (χ0) is 25.7. The number of carbonyl (C=O) groups excluding carboxylic acids is 2. The molecule has 4 rings (SSSR count). The van der Waals surface area contributed by atoms with Gasteiger partial charge in [0.25, 0.3) is 11.8 Å². The molecule has 2 amide bonds. The number of para-hydroxylation sites is 1. The van der Waals surface area contributed by atoms with Crippen LogP contribution in [0.2, 0.25) is 0 Å². The summed E-state index contributed by atoms with van der Waals surface area (Å²) >= 11 is 0. The van der Waals surface area contributed by atoms with Crippen molar-refractivity contribution in [3.8, 4) is 11.5 Å². The van der Waals surface area contributed by atoms with E-state index in [1.807, 2.05) is 24.0 Å². The van der Waals surface area contributed by atoms with Crippen molar-refractivity contribution in [1.82, 2.24) is 9.80 Å². The van der Waals surface area contributed by atoms with Gasteiger partial charge in [-0.3, -0.25) is 9.59 Å². The van der Waals surface area contributed by atoms with Crippen LogP contribution < -0.4 is 9.47 Å². The Balaban J connectivity index is 1.63. The molecule has 194 valence electrons. The van der Waals surface area contributed by atoms with Crippen LogP contribution in [0.1, 0.15) is 66.2 Å². The molecule has 2 aromatic carbocycles. The molecule has 36 heavy (non-hydrogen) atoms. The Morgan fingerprint density at radius 3 is 2.42 bits per heavy atom. The van der Waals surface area contributed by atoms with E-state index < -0.39 is 6.36 Å². The summed E-state index contributed by atoms with van der Waals surface area (Å²) in [5.41, 5.74) is 0.814. The smallest absolute Gasteiger partial charge is 0.487 e. The van der Waals surface area contributed by atoms with E-state index >= 15 is 0 Å². The van der Waals surface area contributed by atoms with Gasteiger partial charge in [-0.15, -0.1) is 13.2 Å². The van der Waals surface area contributed by atoms with Gasteiger partial charge in [0.2, 0.25) is 0 Å². The van der Waals surface area contributed by atoms with Gasteiger partial charge in [-0.05, 0) is 75.4 Å². The van der Waals surface area contributed by atoms with Crippen LogP contribution in [0, 0.1) is 0 Å². The van der Waals surface area contributed by atoms with Gasteiger partial charge in [0.05, 0.1) is 11.6 Å². The van der Waals surface area contributed by atoms with Crippen LogP contribution in [-0.4, -0.2) is 59.8 Å². The van der Waals surface area contributed by atoms with Crippen molar-refractivity contribution in [2.24, 2.45) is 0 Å². The zero-order valence-corrected chi connectivity index (χ0v) is 20.3. The SMILES string of the molecule is CCN1CCCCN(C(=O)c2ccc(OC(F)(F)F)cc2)[C@@H]2CCCC[C@@H]2Oc2ccccc2C1=O. The van der Waals surface area contributed by atoms with Crippen molar-refractivity contribution < 1.29 is 32.2 Å². The van der Waals surface area contributed by atoms with Crippen molar-refractivity contribution in [3.05, 3.63) is 59.7 Å². The topological polar surface area (TPSA) is 59.1 Å². The number of ether oxygens (including phenoxy) is 2. The molecule has 2 aliphatic rings. The molecule has 1 fully saturated rings. The molecule has 0 N–H and O–H groups in total. The first kappa shape index (κ1) is 25.9. The normalized spacial score (nSPS) is 21.4. The zero-order valence-electron chi connectivity index (χ0n) is 20.3. The number of halogens is 3. The van der Waals surface area contributed by atoms with Crippen LogP contribution in [-0.2, 0) is 0 Å². The summed E-state index contributed by atoms with van der Waals surface area (Å²) in [7, 11) is 0. The molecule has 1 aliphatic heterocycles. The van der Waals surface area contributed by atoms with Crippen LogP contribution in [0.4, 0.5) is 13.2 Å². The van der Waals surface area contributed by atoms with Gasteiger partial charge in [0.15, 0.2) is 0 Å². The lowest BCUT2D eigenvalue weighted by atomic mass is 9.90. The molecular formula is C27H31F3N2O4. The second-order valence-electron chi connectivity index (χ2n) is 9.17. The van der Waals surface area contributed by atoms with Gasteiger partial charge in [-0.25, -0.2) is 0 Å². The Labute approximate surface area is 209 Å². The van der Waals surface area contributed by atoms with Crippen molar-refractivity contribution in [2.45, 2.75) is 64.0 Å². The minimum Gasteiger partial charge on any atom is -0.487 e. The molecule has 0 aromatic heterocycles. The summed E-state index contributed by atoms with van der Waals surface area (Å²) in [5, 5.41) is 0. The van der Waals surface area contributed by atoms with E-state index in [1.54, 1.807) is 17.0 Å². The molecular weight excluding hydrogens is 473 g/mol. The van der Waals surface area contributed by atoms with Gasteiger partial charge in [-0.1, -0.05) is 18.6 Å². The third-order valence-electron chi connectivity index (χ3n) is 6.81.